The zero-order chi connectivity index (χ0) is 20.5. The maximum atomic E-state index is 6.21. The zero-order valence-corrected chi connectivity index (χ0v) is 17.0. The summed E-state index contributed by atoms with van der Waals surface area (Å²) in [6.45, 7) is 0.280. The summed E-state index contributed by atoms with van der Waals surface area (Å²) < 4.78 is 17.0. The van der Waals surface area contributed by atoms with Crippen LogP contribution in [0.15, 0.2) is 81.7 Å². The summed E-state index contributed by atoms with van der Waals surface area (Å²) >= 11 is 12.1. The fourth-order valence-corrected chi connectivity index (χ4v) is 3.58. The van der Waals surface area contributed by atoms with E-state index in [-0.39, 0.29) is 12.5 Å². The van der Waals surface area contributed by atoms with E-state index in [0.717, 1.165) is 16.5 Å². The molecule has 0 bridgehead atoms. The molecule has 0 radical (unpaired) electrons. The lowest BCUT2D eigenvalue weighted by Crippen LogP contribution is -1.93. The van der Waals surface area contributed by atoms with Crippen molar-refractivity contribution in [3.05, 3.63) is 88.6 Å². The highest BCUT2D eigenvalue weighted by Gasteiger charge is 2.16. The van der Waals surface area contributed by atoms with E-state index in [9.17, 15) is 0 Å². The Morgan fingerprint density at radius 3 is 2.60 bits per heavy atom. The van der Waals surface area contributed by atoms with E-state index in [1.165, 1.54) is 0 Å². The summed E-state index contributed by atoms with van der Waals surface area (Å²) in [5.74, 6) is 2.48. The molecule has 0 amide bonds. The molecule has 0 spiro atoms. The average Bonchev–Trinajstić information content (AvgIpc) is 3.42. The van der Waals surface area contributed by atoms with E-state index >= 15 is 0 Å². The maximum Gasteiger partial charge on any atom is 0.293 e. The fraction of sp³-hybridized carbons (Fsp3) is 0.0435. The van der Waals surface area contributed by atoms with Gasteiger partial charge in [0.1, 0.15) is 18.1 Å². The first-order valence-electron chi connectivity index (χ1n) is 9.15. The summed E-state index contributed by atoms with van der Waals surface area (Å²) in [6, 6.07) is 22.8. The first kappa shape index (κ1) is 18.7. The zero-order valence-electron chi connectivity index (χ0n) is 15.5. The quantitative estimate of drug-likeness (QED) is 0.295. The van der Waals surface area contributed by atoms with Gasteiger partial charge in [-0.25, -0.2) is 0 Å². The van der Waals surface area contributed by atoms with Crippen molar-refractivity contribution in [3.8, 4) is 28.8 Å². The predicted octanol–water partition coefficient (Wildman–Crippen LogP) is 7.04. The van der Waals surface area contributed by atoms with Crippen molar-refractivity contribution in [3.63, 3.8) is 0 Å². The standard InChI is InChI=1S/C23H14Cl2N2O3/c24-16-6-9-19(20(25)12-16)22-26-23(30-27-22)21-10-8-18(29-21)13-28-17-7-5-14-3-1-2-4-15(14)11-17/h1-12H,13H2. The van der Waals surface area contributed by atoms with Gasteiger partial charge in [0.05, 0.1) is 5.02 Å². The topological polar surface area (TPSA) is 61.3 Å². The highest BCUT2D eigenvalue weighted by Crippen LogP contribution is 2.30. The molecule has 30 heavy (non-hydrogen) atoms. The summed E-state index contributed by atoms with van der Waals surface area (Å²) in [5.41, 5.74) is 0.627. The molecule has 0 N–H and O–H groups in total. The van der Waals surface area contributed by atoms with E-state index in [4.69, 9.17) is 36.9 Å². The molecule has 3 aromatic carbocycles. The lowest BCUT2D eigenvalue weighted by Gasteiger charge is -2.05. The number of rotatable bonds is 5. The van der Waals surface area contributed by atoms with Crippen LogP contribution in [0.2, 0.25) is 10.0 Å². The van der Waals surface area contributed by atoms with Crippen LogP contribution in [0.1, 0.15) is 5.76 Å². The molecule has 5 aromatic rings. The molecule has 148 valence electrons. The highest BCUT2D eigenvalue weighted by atomic mass is 35.5. The van der Waals surface area contributed by atoms with Gasteiger partial charge < -0.3 is 13.7 Å². The molecule has 0 saturated carbocycles. The Bertz CT molecular complexity index is 1340. The van der Waals surface area contributed by atoms with Crippen molar-refractivity contribution in [1.82, 2.24) is 10.1 Å². The molecule has 7 heteroatoms. The van der Waals surface area contributed by atoms with E-state index in [0.29, 0.717) is 33.0 Å². The molecule has 0 fully saturated rings. The minimum Gasteiger partial charge on any atom is -0.486 e. The van der Waals surface area contributed by atoms with Gasteiger partial charge in [0.15, 0.2) is 5.76 Å². The van der Waals surface area contributed by atoms with E-state index in [1.807, 2.05) is 42.5 Å². The van der Waals surface area contributed by atoms with Crippen molar-refractivity contribution in [2.24, 2.45) is 0 Å². The van der Waals surface area contributed by atoms with Crippen molar-refractivity contribution >= 4 is 34.0 Å². The first-order chi connectivity index (χ1) is 14.7. The van der Waals surface area contributed by atoms with Crippen LogP contribution in [-0.2, 0) is 6.61 Å². The Morgan fingerprint density at radius 2 is 1.73 bits per heavy atom. The average molecular weight is 437 g/mol. The van der Waals surface area contributed by atoms with E-state index < -0.39 is 0 Å². The molecule has 0 aliphatic heterocycles. The third kappa shape index (κ3) is 3.77. The van der Waals surface area contributed by atoms with Crippen molar-refractivity contribution in [2.45, 2.75) is 6.61 Å². The van der Waals surface area contributed by atoms with Gasteiger partial charge in [-0.1, -0.05) is 58.7 Å². The molecule has 2 aromatic heterocycles. The third-order valence-electron chi connectivity index (χ3n) is 4.57. The van der Waals surface area contributed by atoms with Crippen LogP contribution < -0.4 is 4.74 Å². The molecule has 0 aliphatic rings. The van der Waals surface area contributed by atoms with Crippen LogP contribution in [0.3, 0.4) is 0 Å². The minimum atomic E-state index is 0.257. The number of furan rings is 1. The van der Waals surface area contributed by atoms with Crippen molar-refractivity contribution in [2.75, 3.05) is 0 Å². The van der Waals surface area contributed by atoms with Gasteiger partial charge >= 0.3 is 0 Å². The number of benzene rings is 3. The van der Waals surface area contributed by atoms with Crippen LogP contribution >= 0.6 is 23.2 Å². The number of hydrogen-bond donors (Lipinski definition) is 0. The Labute approximate surface area is 181 Å². The van der Waals surface area contributed by atoms with E-state index in [2.05, 4.69) is 16.2 Å². The van der Waals surface area contributed by atoms with Crippen LogP contribution in [0, 0.1) is 0 Å². The number of halogens is 2. The molecule has 5 rings (SSSR count). The van der Waals surface area contributed by atoms with Gasteiger partial charge in [0, 0.05) is 10.6 Å². The van der Waals surface area contributed by atoms with Gasteiger partial charge in [0.25, 0.3) is 5.89 Å². The Balaban J connectivity index is 1.31. The number of nitrogens with zero attached hydrogens (tertiary/aromatic N) is 2. The number of ether oxygens (including phenoxy) is 1. The lowest BCUT2D eigenvalue weighted by molar-refractivity contribution is 0.270. The van der Waals surface area contributed by atoms with Crippen LogP contribution in [0.5, 0.6) is 5.75 Å². The molecule has 0 atom stereocenters. The second kappa shape index (κ2) is 7.86. The van der Waals surface area contributed by atoms with Crippen LogP contribution in [0.4, 0.5) is 0 Å². The van der Waals surface area contributed by atoms with Crippen molar-refractivity contribution in [1.29, 1.82) is 0 Å². The molecule has 2 heterocycles. The van der Waals surface area contributed by atoms with E-state index in [1.54, 1.807) is 24.3 Å². The second-order valence-corrected chi connectivity index (χ2v) is 7.45. The summed E-state index contributed by atoms with van der Waals surface area (Å²) in [7, 11) is 0. The largest absolute Gasteiger partial charge is 0.486 e. The third-order valence-corrected chi connectivity index (χ3v) is 5.12. The summed E-state index contributed by atoms with van der Waals surface area (Å²) in [5, 5.41) is 7.24. The number of hydrogen-bond acceptors (Lipinski definition) is 5. The Morgan fingerprint density at radius 1 is 0.867 bits per heavy atom. The number of aromatic nitrogens is 2. The molecular weight excluding hydrogens is 423 g/mol. The maximum absolute atomic E-state index is 6.21. The SMILES string of the molecule is Clc1ccc(-c2noc(-c3ccc(COc4ccc5ccccc5c4)o3)n2)c(Cl)c1. The van der Waals surface area contributed by atoms with Gasteiger partial charge in [-0.05, 0) is 53.2 Å². The predicted molar refractivity (Wildman–Crippen MR) is 116 cm³/mol. The normalized spacial score (nSPS) is 11.1. The Kier molecular flexibility index (Phi) is 4.91. The van der Waals surface area contributed by atoms with Gasteiger partial charge in [-0.15, -0.1) is 0 Å². The monoisotopic (exact) mass is 436 g/mol. The van der Waals surface area contributed by atoms with Gasteiger partial charge in [-0.2, -0.15) is 4.98 Å². The molecule has 0 saturated heterocycles. The summed E-state index contributed by atoms with van der Waals surface area (Å²) in [4.78, 5) is 4.37. The lowest BCUT2D eigenvalue weighted by atomic mass is 10.1. The smallest absolute Gasteiger partial charge is 0.293 e. The Hall–Kier alpha value is -3.28. The first-order valence-corrected chi connectivity index (χ1v) is 9.91. The molecule has 5 nitrogen and oxygen atoms in total. The number of fused-ring (bicyclic) bond motifs is 1. The van der Waals surface area contributed by atoms with Gasteiger partial charge in [0.2, 0.25) is 5.82 Å². The van der Waals surface area contributed by atoms with Gasteiger partial charge in [-0.3, -0.25) is 0 Å². The van der Waals surface area contributed by atoms with Crippen molar-refractivity contribution < 1.29 is 13.7 Å². The highest BCUT2D eigenvalue weighted by molar-refractivity contribution is 6.36. The van der Waals surface area contributed by atoms with Crippen LogP contribution in [0.25, 0.3) is 33.8 Å². The molecular formula is C23H14Cl2N2O3. The molecule has 0 aliphatic carbocycles. The summed E-state index contributed by atoms with van der Waals surface area (Å²) in [6.07, 6.45) is 0. The minimum absolute atomic E-state index is 0.257. The second-order valence-electron chi connectivity index (χ2n) is 6.61. The van der Waals surface area contributed by atoms with Crippen LogP contribution in [-0.4, -0.2) is 10.1 Å². The molecule has 0 unspecified atom stereocenters. The fourth-order valence-electron chi connectivity index (χ4n) is 3.09.